The van der Waals surface area contributed by atoms with Crippen LogP contribution in [0, 0.1) is 5.82 Å². The van der Waals surface area contributed by atoms with Gasteiger partial charge in [-0.15, -0.1) is 0 Å². The molecule has 21 heavy (non-hydrogen) atoms. The highest BCUT2D eigenvalue weighted by Crippen LogP contribution is 2.22. The first kappa shape index (κ1) is 15.8. The third kappa shape index (κ3) is 4.74. The number of nitrogens with one attached hydrogen (secondary N) is 1. The van der Waals surface area contributed by atoms with Gasteiger partial charge in [-0.2, -0.15) is 0 Å². The van der Waals surface area contributed by atoms with Gasteiger partial charge >= 0.3 is 0 Å². The lowest BCUT2D eigenvalue weighted by atomic mass is 10.1. The second-order valence-electron chi connectivity index (χ2n) is 4.95. The summed E-state index contributed by atoms with van der Waals surface area (Å²) in [5.74, 6) is -0.0405. The average Bonchev–Trinajstić information content (AvgIpc) is 2.44. The van der Waals surface area contributed by atoms with Crippen molar-refractivity contribution in [2.75, 3.05) is 11.9 Å². The van der Waals surface area contributed by atoms with E-state index in [4.69, 9.17) is 4.74 Å². The Balaban J connectivity index is 1.97. The minimum Gasteiger partial charge on any atom is -0.491 e. The Hall–Kier alpha value is -1.55. The first-order valence-corrected chi connectivity index (χ1v) is 7.81. The van der Waals surface area contributed by atoms with Crippen molar-refractivity contribution in [2.45, 2.75) is 26.3 Å². The molecule has 0 bridgehead atoms. The Morgan fingerprint density at radius 2 is 1.90 bits per heavy atom. The molecule has 0 spiro atoms. The van der Waals surface area contributed by atoms with Crippen LogP contribution in [0.15, 0.2) is 46.9 Å². The van der Waals surface area contributed by atoms with E-state index < -0.39 is 0 Å². The summed E-state index contributed by atoms with van der Waals surface area (Å²) in [6.45, 7) is 4.38. The fourth-order valence-corrected chi connectivity index (χ4v) is 2.44. The van der Waals surface area contributed by atoms with Crippen molar-refractivity contribution in [3.63, 3.8) is 0 Å². The van der Waals surface area contributed by atoms with Crippen LogP contribution in [0.25, 0.3) is 0 Å². The molecular weight excluding hydrogens is 333 g/mol. The molecule has 0 heterocycles. The molecule has 2 aromatic carbocycles. The quantitative estimate of drug-likeness (QED) is 0.787. The van der Waals surface area contributed by atoms with Crippen molar-refractivity contribution in [2.24, 2.45) is 0 Å². The molecule has 0 saturated carbocycles. The number of halogens is 2. The lowest BCUT2D eigenvalue weighted by Gasteiger charge is -2.16. The minimum atomic E-state index is -0.335. The summed E-state index contributed by atoms with van der Waals surface area (Å²) in [7, 11) is 0. The lowest BCUT2D eigenvalue weighted by Crippen LogP contribution is -2.18. The molecule has 2 nitrogen and oxygen atoms in total. The van der Waals surface area contributed by atoms with Crippen LogP contribution in [0.5, 0.6) is 5.75 Å². The van der Waals surface area contributed by atoms with E-state index in [1.807, 2.05) is 25.1 Å². The number of hydrogen-bond donors (Lipinski definition) is 1. The van der Waals surface area contributed by atoms with Crippen molar-refractivity contribution < 1.29 is 9.13 Å². The Bertz CT molecular complexity index is 586. The minimum absolute atomic E-state index is 0.212. The Morgan fingerprint density at radius 3 is 2.52 bits per heavy atom. The molecule has 1 N–H and O–H groups in total. The topological polar surface area (TPSA) is 21.3 Å². The first-order valence-electron chi connectivity index (χ1n) is 7.02. The lowest BCUT2D eigenvalue weighted by molar-refractivity contribution is 0.321. The maximum absolute atomic E-state index is 13.8. The van der Waals surface area contributed by atoms with E-state index in [-0.39, 0.29) is 11.9 Å². The highest BCUT2D eigenvalue weighted by atomic mass is 79.9. The summed E-state index contributed by atoms with van der Waals surface area (Å²) in [4.78, 5) is 0. The zero-order valence-corrected chi connectivity index (χ0v) is 13.8. The van der Waals surface area contributed by atoms with Gasteiger partial charge in [0.2, 0.25) is 0 Å². The normalized spacial score (nSPS) is 12.0. The predicted octanol–water partition coefficient (Wildman–Crippen LogP) is 5.03. The van der Waals surface area contributed by atoms with Crippen LogP contribution < -0.4 is 10.1 Å². The molecule has 1 unspecified atom stereocenters. The molecule has 0 saturated heterocycles. The van der Waals surface area contributed by atoms with Gasteiger partial charge in [0, 0.05) is 22.3 Å². The Kier molecular flexibility index (Phi) is 5.62. The van der Waals surface area contributed by atoms with Crippen LogP contribution >= 0.6 is 15.9 Å². The summed E-state index contributed by atoms with van der Waals surface area (Å²) in [6.07, 6.45) is 0.877. The molecule has 0 aromatic heterocycles. The maximum Gasteiger partial charge on any atom is 0.167 e. The molecule has 4 heteroatoms. The van der Waals surface area contributed by atoms with Crippen LogP contribution in [0.1, 0.15) is 19.4 Å². The summed E-state index contributed by atoms with van der Waals surface area (Å²) < 4.78 is 20.1. The first-order chi connectivity index (χ1) is 10.1. The predicted molar refractivity (Wildman–Crippen MR) is 88.5 cm³/mol. The standard InChI is InChI=1S/C17H19BrFNO/c1-3-21-17-9-8-15(11-16(17)19)20-12(2)10-13-4-6-14(18)7-5-13/h4-9,11-12,20H,3,10H2,1-2H3. The molecule has 0 aliphatic carbocycles. The Morgan fingerprint density at radius 1 is 1.19 bits per heavy atom. The van der Waals surface area contributed by atoms with Crippen molar-refractivity contribution in [1.29, 1.82) is 0 Å². The molecule has 1 atom stereocenters. The maximum atomic E-state index is 13.8. The van der Waals surface area contributed by atoms with Gasteiger partial charge in [0.25, 0.3) is 0 Å². The van der Waals surface area contributed by atoms with Crippen molar-refractivity contribution in [3.05, 3.63) is 58.3 Å². The van der Waals surface area contributed by atoms with Crippen molar-refractivity contribution in [1.82, 2.24) is 0 Å². The summed E-state index contributed by atoms with van der Waals surface area (Å²) >= 11 is 3.42. The highest BCUT2D eigenvalue weighted by molar-refractivity contribution is 9.10. The van der Waals surface area contributed by atoms with Gasteiger partial charge in [-0.05, 0) is 50.1 Å². The van der Waals surface area contributed by atoms with Gasteiger partial charge in [-0.25, -0.2) is 4.39 Å². The smallest absolute Gasteiger partial charge is 0.167 e. The average molecular weight is 352 g/mol. The number of hydrogen-bond acceptors (Lipinski definition) is 2. The molecule has 112 valence electrons. The van der Waals surface area contributed by atoms with E-state index in [2.05, 4.69) is 40.3 Å². The second-order valence-corrected chi connectivity index (χ2v) is 5.87. The van der Waals surface area contributed by atoms with Gasteiger partial charge < -0.3 is 10.1 Å². The summed E-state index contributed by atoms with van der Waals surface area (Å²) in [5.41, 5.74) is 2.00. The monoisotopic (exact) mass is 351 g/mol. The fraction of sp³-hybridized carbons (Fsp3) is 0.294. The molecule has 2 aromatic rings. The van der Waals surface area contributed by atoms with Crippen LogP contribution in [0.4, 0.5) is 10.1 Å². The highest BCUT2D eigenvalue weighted by Gasteiger charge is 2.07. The van der Waals surface area contributed by atoms with Crippen molar-refractivity contribution >= 4 is 21.6 Å². The number of benzene rings is 2. The van der Waals surface area contributed by atoms with Crippen LogP contribution in [0.2, 0.25) is 0 Å². The molecule has 0 amide bonds. The number of anilines is 1. The molecule has 0 fully saturated rings. The molecule has 0 aliphatic rings. The van der Waals surface area contributed by atoms with E-state index in [0.29, 0.717) is 12.4 Å². The van der Waals surface area contributed by atoms with E-state index in [9.17, 15) is 4.39 Å². The van der Waals surface area contributed by atoms with E-state index in [1.165, 1.54) is 11.6 Å². The fourth-order valence-electron chi connectivity index (χ4n) is 2.17. The molecule has 0 aliphatic heterocycles. The Labute approximate surface area is 133 Å². The van der Waals surface area contributed by atoms with Gasteiger partial charge in [0.15, 0.2) is 11.6 Å². The van der Waals surface area contributed by atoms with Crippen molar-refractivity contribution in [3.8, 4) is 5.75 Å². The molecule has 0 radical (unpaired) electrons. The molecular formula is C17H19BrFNO. The van der Waals surface area contributed by atoms with Gasteiger partial charge in [0.1, 0.15) is 0 Å². The third-order valence-electron chi connectivity index (χ3n) is 3.10. The van der Waals surface area contributed by atoms with E-state index in [0.717, 1.165) is 16.6 Å². The van der Waals surface area contributed by atoms with Gasteiger partial charge in [0.05, 0.1) is 6.61 Å². The summed E-state index contributed by atoms with van der Waals surface area (Å²) in [6, 6.07) is 13.4. The molecule has 2 rings (SSSR count). The van der Waals surface area contributed by atoms with Crippen LogP contribution in [-0.2, 0) is 6.42 Å². The van der Waals surface area contributed by atoms with Crippen LogP contribution in [-0.4, -0.2) is 12.6 Å². The van der Waals surface area contributed by atoms with E-state index in [1.54, 1.807) is 6.07 Å². The number of rotatable bonds is 6. The largest absolute Gasteiger partial charge is 0.491 e. The second kappa shape index (κ2) is 7.46. The third-order valence-corrected chi connectivity index (χ3v) is 3.63. The SMILES string of the molecule is CCOc1ccc(NC(C)Cc2ccc(Br)cc2)cc1F. The van der Waals surface area contributed by atoms with Gasteiger partial charge in [-0.1, -0.05) is 28.1 Å². The van der Waals surface area contributed by atoms with E-state index >= 15 is 0 Å². The zero-order chi connectivity index (χ0) is 15.2. The summed E-state index contributed by atoms with van der Waals surface area (Å²) in [5, 5.41) is 3.31. The number of ether oxygens (including phenoxy) is 1. The van der Waals surface area contributed by atoms with Crippen LogP contribution in [0.3, 0.4) is 0 Å². The van der Waals surface area contributed by atoms with Gasteiger partial charge in [-0.3, -0.25) is 0 Å². The zero-order valence-electron chi connectivity index (χ0n) is 12.2.